The summed E-state index contributed by atoms with van der Waals surface area (Å²) in [6.45, 7) is 2.65. The van der Waals surface area contributed by atoms with Crippen molar-refractivity contribution < 1.29 is 18.0 Å². The summed E-state index contributed by atoms with van der Waals surface area (Å²) in [4.78, 5) is 28.3. The van der Waals surface area contributed by atoms with E-state index >= 15 is 0 Å². The number of benzene rings is 1. The first-order valence-electron chi connectivity index (χ1n) is 10.0. The Morgan fingerprint density at radius 2 is 1.64 bits per heavy atom. The number of carbonyl (C=O) groups is 2. The van der Waals surface area contributed by atoms with Crippen LogP contribution in [0.4, 0.5) is 5.69 Å². The molecule has 2 aliphatic rings. The minimum atomic E-state index is -3.21. The highest BCUT2D eigenvalue weighted by molar-refractivity contribution is 7.92. The number of anilines is 1. The van der Waals surface area contributed by atoms with Gasteiger partial charge in [0.1, 0.15) is 0 Å². The standard InChI is InChI=1S/C20H29N3O4S/c24-19(10-15-28(26,27)18-8-4-5-9-18)21-16-20(25)23-13-11-22(12-14-23)17-6-2-1-3-7-17/h1-3,6-7,18H,4-5,8-16H2,(H,21,24). The van der Waals surface area contributed by atoms with Crippen LogP contribution in [0.2, 0.25) is 0 Å². The summed E-state index contributed by atoms with van der Waals surface area (Å²) in [5, 5.41) is 2.29. The van der Waals surface area contributed by atoms with Crippen LogP contribution in [-0.4, -0.2) is 68.9 Å². The summed E-state index contributed by atoms with van der Waals surface area (Å²) in [5.74, 6) is -0.634. The minimum Gasteiger partial charge on any atom is -0.368 e. The third-order valence-electron chi connectivity index (χ3n) is 5.61. The largest absolute Gasteiger partial charge is 0.368 e. The lowest BCUT2D eigenvalue weighted by atomic mass is 10.2. The molecule has 0 aromatic heterocycles. The maximum Gasteiger partial charge on any atom is 0.242 e. The highest BCUT2D eigenvalue weighted by Gasteiger charge is 2.29. The summed E-state index contributed by atoms with van der Waals surface area (Å²) in [6, 6.07) is 10.1. The predicted octanol–water partition coefficient (Wildman–Crippen LogP) is 1.20. The molecule has 1 aromatic carbocycles. The number of amides is 2. The third-order valence-corrected chi connectivity index (χ3v) is 7.87. The van der Waals surface area contributed by atoms with E-state index in [2.05, 4.69) is 22.3 Å². The second-order valence-corrected chi connectivity index (χ2v) is 9.90. The quantitative estimate of drug-likeness (QED) is 0.734. The molecule has 0 atom stereocenters. The molecular weight excluding hydrogens is 378 g/mol. The van der Waals surface area contributed by atoms with Crippen molar-refractivity contribution in [1.82, 2.24) is 10.2 Å². The van der Waals surface area contributed by atoms with E-state index in [9.17, 15) is 18.0 Å². The first-order valence-corrected chi connectivity index (χ1v) is 11.7. The van der Waals surface area contributed by atoms with Gasteiger partial charge in [-0.05, 0) is 25.0 Å². The average molecular weight is 408 g/mol. The molecule has 1 aliphatic carbocycles. The van der Waals surface area contributed by atoms with Crippen LogP contribution in [-0.2, 0) is 19.4 Å². The van der Waals surface area contributed by atoms with E-state index in [0.717, 1.165) is 31.6 Å². The summed E-state index contributed by atoms with van der Waals surface area (Å²) < 4.78 is 24.4. The zero-order valence-corrected chi connectivity index (χ0v) is 17.0. The number of sulfone groups is 1. The summed E-state index contributed by atoms with van der Waals surface area (Å²) >= 11 is 0. The number of carbonyl (C=O) groups excluding carboxylic acids is 2. The van der Waals surface area contributed by atoms with Crippen molar-refractivity contribution in [3.63, 3.8) is 0 Å². The normalized spacial score (nSPS) is 18.3. The monoisotopic (exact) mass is 407 g/mol. The summed E-state index contributed by atoms with van der Waals surface area (Å²) in [6.07, 6.45) is 3.23. The van der Waals surface area contributed by atoms with E-state index in [1.165, 1.54) is 0 Å². The first kappa shape index (κ1) is 20.6. The topological polar surface area (TPSA) is 86.8 Å². The molecule has 1 heterocycles. The number of para-hydroxylation sites is 1. The number of hydrogen-bond acceptors (Lipinski definition) is 5. The molecule has 1 saturated carbocycles. The number of nitrogens with zero attached hydrogens (tertiary/aromatic N) is 2. The van der Waals surface area contributed by atoms with Gasteiger partial charge in [0.15, 0.2) is 9.84 Å². The molecule has 0 bridgehead atoms. The van der Waals surface area contributed by atoms with Gasteiger partial charge in [0.05, 0.1) is 17.5 Å². The Labute approximate surface area is 167 Å². The molecule has 1 aliphatic heterocycles. The second kappa shape index (κ2) is 9.41. The fourth-order valence-electron chi connectivity index (χ4n) is 3.88. The minimum absolute atomic E-state index is 0.0755. The molecule has 2 amide bonds. The average Bonchev–Trinajstić information content (AvgIpc) is 3.27. The molecule has 7 nitrogen and oxygen atoms in total. The van der Waals surface area contributed by atoms with Crippen LogP contribution in [0.3, 0.4) is 0 Å². The third kappa shape index (κ3) is 5.47. The highest BCUT2D eigenvalue weighted by Crippen LogP contribution is 2.25. The van der Waals surface area contributed by atoms with Gasteiger partial charge >= 0.3 is 0 Å². The molecule has 154 valence electrons. The Morgan fingerprint density at radius 1 is 1.00 bits per heavy atom. The van der Waals surface area contributed by atoms with Crippen molar-refractivity contribution in [2.45, 2.75) is 37.4 Å². The first-order chi connectivity index (χ1) is 13.5. The maximum atomic E-state index is 12.3. The zero-order chi connectivity index (χ0) is 20.0. The number of rotatable bonds is 7. The van der Waals surface area contributed by atoms with Crippen molar-refractivity contribution >= 4 is 27.3 Å². The Morgan fingerprint density at radius 3 is 2.29 bits per heavy atom. The van der Waals surface area contributed by atoms with E-state index < -0.39 is 9.84 Å². The van der Waals surface area contributed by atoms with E-state index in [0.29, 0.717) is 25.9 Å². The van der Waals surface area contributed by atoms with Crippen molar-refractivity contribution in [2.24, 2.45) is 0 Å². The molecule has 0 unspecified atom stereocenters. The van der Waals surface area contributed by atoms with E-state index in [1.807, 2.05) is 18.2 Å². The Bertz CT molecular complexity index is 768. The Hall–Kier alpha value is -2.09. The van der Waals surface area contributed by atoms with Gasteiger partial charge in [-0.2, -0.15) is 0 Å². The van der Waals surface area contributed by atoms with Crippen molar-refractivity contribution in [2.75, 3.05) is 43.4 Å². The van der Waals surface area contributed by atoms with Crippen LogP contribution >= 0.6 is 0 Å². The van der Waals surface area contributed by atoms with Crippen molar-refractivity contribution in [3.8, 4) is 0 Å². The maximum absolute atomic E-state index is 12.3. The Kier molecular flexibility index (Phi) is 6.93. The number of nitrogens with one attached hydrogen (secondary N) is 1. The lowest BCUT2D eigenvalue weighted by Crippen LogP contribution is -2.51. The van der Waals surface area contributed by atoms with E-state index in [4.69, 9.17) is 0 Å². The molecule has 0 radical (unpaired) electrons. The van der Waals surface area contributed by atoms with Gasteiger partial charge in [0, 0.05) is 38.3 Å². The van der Waals surface area contributed by atoms with E-state index in [-0.39, 0.29) is 35.8 Å². The molecule has 28 heavy (non-hydrogen) atoms. The zero-order valence-electron chi connectivity index (χ0n) is 16.2. The van der Waals surface area contributed by atoms with Crippen LogP contribution in [0.15, 0.2) is 30.3 Å². The van der Waals surface area contributed by atoms with Gasteiger partial charge in [-0.15, -0.1) is 0 Å². The van der Waals surface area contributed by atoms with Gasteiger partial charge in [-0.3, -0.25) is 9.59 Å². The van der Waals surface area contributed by atoms with Crippen LogP contribution in [0, 0.1) is 0 Å². The van der Waals surface area contributed by atoms with Gasteiger partial charge < -0.3 is 15.1 Å². The summed E-state index contributed by atoms with van der Waals surface area (Å²) in [7, 11) is -3.21. The molecule has 2 fully saturated rings. The molecule has 1 saturated heterocycles. The molecule has 1 N–H and O–H groups in total. The molecular formula is C20H29N3O4S. The van der Waals surface area contributed by atoms with Crippen LogP contribution < -0.4 is 10.2 Å². The van der Waals surface area contributed by atoms with Gasteiger partial charge in [-0.1, -0.05) is 31.0 Å². The van der Waals surface area contributed by atoms with E-state index in [1.54, 1.807) is 4.90 Å². The van der Waals surface area contributed by atoms with Crippen LogP contribution in [0.5, 0.6) is 0 Å². The van der Waals surface area contributed by atoms with Crippen LogP contribution in [0.25, 0.3) is 0 Å². The molecule has 3 rings (SSSR count). The lowest BCUT2D eigenvalue weighted by Gasteiger charge is -2.36. The second-order valence-electron chi connectivity index (χ2n) is 7.50. The van der Waals surface area contributed by atoms with Crippen molar-refractivity contribution in [3.05, 3.63) is 30.3 Å². The fraction of sp³-hybridized carbons (Fsp3) is 0.600. The molecule has 8 heteroatoms. The molecule has 0 spiro atoms. The van der Waals surface area contributed by atoms with Gasteiger partial charge in [0.2, 0.25) is 11.8 Å². The van der Waals surface area contributed by atoms with Crippen molar-refractivity contribution in [1.29, 1.82) is 0 Å². The predicted molar refractivity (Wildman–Crippen MR) is 109 cm³/mol. The Balaban J connectivity index is 1.36. The molecule has 1 aromatic rings. The van der Waals surface area contributed by atoms with Gasteiger partial charge in [0.25, 0.3) is 0 Å². The SMILES string of the molecule is O=C(CCS(=O)(=O)C1CCCC1)NCC(=O)N1CCN(c2ccccc2)CC1. The van der Waals surface area contributed by atoms with Gasteiger partial charge in [-0.25, -0.2) is 8.42 Å². The van der Waals surface area contributed by atoms with Crippen LogP contribution in [0.1, 0.15) is 32.1 Å². The number of hydrogen-bond donors (Lipinski definition) is 1. The lowest BCUT2D eigenvalue weighted by molar-refractivity contribution is -0.133. The number of piperazine rings is 1. The summed E-state index contributed by atoms with van der Waals surface area (Å²) in [5.41, 5.74) is 1.14. The highest BCUT2D eigenvalue weighted by atomic mass is 32.2. The fourth-order valence-corrected chi connectivity index (χ4v) is 5.73. The smallest absolute Gasteiger partial charge is 0.242 e.